The van der Waals surface area contributed by atoms with Gasteiger partial charge < -0.3 is 10.6 Å². The van der Waals surface area contributed by atoms with Crippen molar-refractivity contribution in [3.8, 4) is 0 Å². The molecule has 3 aromatic rings. The standard InChI is InChI=1S/C27H29N3O2/c1-20-24(28-26(31)22-12-6-3-7-13-22)15-8-16-25(20)29-27(32)23-14-9-17-30(19-23)18-21-10-4-2-5-11-21/h2-8,10-13,15-16,23H,9,14,17-19H2,1H3,(H,28,31)(H,29,32). The number of nitrogens with zero attached hydrogens (tertiary/aromatic N) is 1. The summed E-state index contributed by atoms with van der Waals surface area (Å²) in [5, 5.41) is 6.06. The van der Waals surface area contributed by atoms with Crippen molar-refractivity contribution in [3.63, 3.8) is 0 Å². The monoisotopic (exact) mass is 427 g/mol. The first-order valence-corrected chi connectivity index (χ1v) is 11.1. The summed E-state index contributed by atoms with van der Waals surface area (Å²) >= 11 is 0. The molecular formula is C27H29N3O2. The van der Waals surface area contributed by atoms with Crippen LogP contribution in [-0.2, 0) is 11.3 Å². The van der Waals surface area contributed by atoms with Gasteiger partial charge in [-0.25, -0.2) is 0 Å². The molecule has 1 unspecified atom stereocenters. The maximum absolute atomic E-state index is 13.0. The molecule has 0 radical (unpaired) electrons. The van der Waals surface area contributed by atoms with Crippen molar-refractivity contribution in [1.82, 2.24) is 4.90 Å². The molecule has 0 aromatic heterocycles. The zero-order valence-electron chi connectivity index (χ0n) is 18.4. The van der Waals surface area contributed by atoms with E-state index in [2.05, 4.69) is 39.8 Å². The van der Waals surface area contributed by atoms with Crippen LogP contribution in [0.15, 0.2) is 78.9 Å². The van der Waals surface area contributed by atoms with Gasteiger partial charge in [-0.15, -0.1) is 0 Å². The molecule has 2 N–H and O–H groups in total. The van der Waals surface area contributed by atoms with Crippen molar-refractivity contribution >= 4 is 23.2 Å². The summed E-state index contributed by atoms with van der Waals surface area (Å²) in [6.07, 6.45) is 1.90. The summed E-state index contributed by atoms with van der Waals surface area (Å²) in [6.45, 7) is 4.55. The number of carbonyl (C=O) groups excluding carboxylic acids is 2. The van der Waals surface area contributed by atoms with Crippen LogP contribution in [0.1, 0.15) is 34.3 Å². The van der Waals surface area contributed by atoms with Gasteiger partial charge in [-0.05, 0) is 61.7 Å². The number of benzene rings is 3. The normalized spacial score (nSPS) is 16.3. The predicted octanol–water partition coefficient (Wildman–Crippen LogP) is 5.10. The van der Waals surface area contributed by atoms with Gasteiger partial charge in [-0.1, -0.05) is 54.6 Å². The topological polar surface area (TPSA) is 61.4 Å². The number of nitrogens with one attached hydrogen (secondary N) is 2. The number of amides is 2. The van der Waals surface area contributed by atoms with Crippen LogP contribution in [0.4, 0.5) is 11.4 Å². The highest BCUT2D eigenvalue weighted by atomic mass is 16.2. The Morgan fingerprint density at radius 3 is 2.25 bits per heavy atom. The molecule has 2 amide bonds. The van der Waals surface area contributed by atoms with E-state index < -0.39 is 0 Å². The molecule has 32 heavy (non-hydrogen) atoms. The quantitative estimate of drug-likeness (QED) is 0.575. The van der Waals surface area contributed by atoms with Crippen LogP contribution in [0.2, 0.25) is 0 Å². The summed E-state index contributed by atoms with van der Waals surface area (Å²) < 4.78 is 0. The van der Waals surface area contributed by atoms with E-state index in [-0.39, 0.29) is 17.7 Å². The van der Waals surface area contributed by atoms with Crippen LogP contribution in [-0.4, -0.2) is 29.8 Å². The lowest BCUT2D eigenvalue weighted by molar-refractivity contribution is -0.121. The molecule has 0 saturated carbocycles. The molecule has 1 aliphatic rings. The van der Waals surface area contributed by atoms with Gasteiger partial charge in [-0.2, -0.15) is 0 Å². The molecule has 3 aromatic carbocycles. The van der Waals surface area contributed by atoms with Crippen LogP contribution in [0.25, 0.3) is 0 Å². The van der Waals surface area contributed by atoms with Crippen LogP contribution < -0.4 is 10.6 Å². The number of rotatable bonds is 6. The minimum absolute atomic E-state index is 0.0393. The second kappa shape index (κ2) is 10.2. The Morgan fingerprint density at radius 2 is 1.53 bits per heavy atom. The molecule has 1 heterocycles. The summed E-state index contributed by atoms with van der Waals surface area (Å²) in [4.78, 5) is 27.9. The largest absolute Gasteiger partial charge is 0.325 e. The zero-order valence-corrected chi connectivity index (χ0v) is 18.4. The third-order valence-electron chi connectivity index (χ3n) is 6.00. The SMILES string of the molecule is Cc1c(NC(=O)c2ccccc2)cccc1NC(=O)C1CCCN(Cc2ccccc2)C1. The molecule has 1 aliphatic heterocycles. The summed E-state index contributed by atoms with van der Waals surface area (Å²) in [6, 6.07) is 25.1. The van der Waals surface area contributed by atoms with Gasteiger partial charge in [0.15, 0.2) is 0 Å². The Labute approximate surface area is 189 Å². The lowest BCUT2D eigenvalue weighted by atomic mass is 9.96. The number of hydrogen-bond acceptors (Lipinski definition) is 3. The van der Waals surface area contributed by atoms with Crippen LogP contribution in [0.3, 0.4) is 0 Å². The molecule has 0 aliphatic carbocycles. The van der Waals surface area contributed by atoms with E-state index in [1.807, 2.05) is 49.4 Å². The fraction of sp³-hybridized carbons (Fsp3) is 0.259. The molecule has 1 saturated heterocycles. The Balaban J connectivity index is 1.39. The summed E-state index contributed by atoms with van der Waals surface area (Å²) in [7, 11) is 0. The Bertz CT molecular complexity index is 1070. The van der Waals surface area contributed by atoms with Gasteiger partial charge in [0.25, 0.3) is 5.91 Å². The Kier molecular flexibility index (Phi) is 6.97. The highest BCUT2D eigenvalue weighted by molar-refractivity contribution is 6.05. The first-order valence-electron chi connectivity index (χ1n) is 11.1. The molecule has 5 nitrogen and oxygen atoms in total. The molecule has 0 bridgehead atoms. The van der Waals surface area contributed by atoms with Crippen molar-refractivity contribution in [3.05, 3.63) is 95.6 Å². The smallest absolute Gasteiger partial charge is 0.255 e. The van der Waals surface area contributed by atoms with E-state index in [4.69, 9.17) is 0 Å². The molecule has 4 rings (SSSR count). The van der Waals surface area contributed by atoms with Gasteiger partial charge in [0, 0.05) is 30.0 Å². The lowest BCUT2D eigenvalue weighted by Crippen LogP contribution is -2.40. The second-order valence-electron chi connectivity index (χ2n) is 8.35. The average molecular weight is 428 g/mol. The molecule has 164 valence electrons. The van der Waals surface area contributed by atoms with Gasteiger partial charge in [0.2, 0.25) is 5.91 Å². The van der Waals surface area contributed by atoms with E-state index in [1.165, 1.54) is 5.56 Å². The van der Waals surface area contributed by atoms with Crippen molar-refractivity contribution in [1.29, 1.82) is 0 Å². The van der Waals surface area contributed by atoms with Crippen LogP contribution in [0, 0.1) is 12.8 Å². The zero-order chi connectivity index (χ0) is 22.3. The van der Waals surface area contributed by atoms with Crippen molar-refractivity contribution in [2.24, 2.45) is 5.92 Å². The van der Waals surface area contributed by atoms with E-state index in [1.54, 1.807) is 12.1 Å². The maximum atomic E-state index is 13.0. The van der Waals surface area contributed by atoms with Crippen LogP contribution in [0.5, 0.6) is 0 Å². The van der Waals surface area contributed by atoms with Crippen molar-refractivity contribution < 1.29 is 9.59 Å². The number of hydrogen-bond donors (Lipinski definition) is 2. The van der Waals surface area contributed by atoms with E-state index >= 15 is 0 Å². The molecule has 5 heteroatoms. The number of anilines is 2. The average Bonchev–Trinajstić information content (AvgIpc) is 2.83. The molecular weight excluding hydrogens is 398 g/mol. The third kappa shape index (κ3) is 5.42. The second-order valence-corrected chi connectivity index (χ2v) is 8.35. The van der Waals surface area contributed by atoms with E-state index in [9.17, 15) is 9.59 Å². The fourth-order valence-electron chi connectivity index (χ4n) is 4.18. The predicted molar refractivity (Wildman–Crippen MR) is 129 cm³/mol. The van der Waals surface area contributed by atoms with Gasteiger partial charge >= 0.3 is 0 Å². The van der Waals surface area contributed by atoms with Crippen LogP contribution >= 0.6 is 0 Å². The molecule has 1 fully saturated rings. The van der Waals surface area contributed by atoms with E-state index in [0.717, 1.165) is 43.7 Å². The molecule has 0 spiro atoms. The first-order chi connectivity index (χ1) is 15.6. The van der Waals surface area contributed by atoms with Gasteiger partial charge in [0.1, 0.15) is 0 Å². The fourth-order valence-corrected chi connectivity index (χ4v) is 4.18. The third-order valence-corrected chi connectivity index (χ3v) is 6.00. The Hall–Kier alpha value is -3.44. The lowest BCUT2D eigenvalue weighted by Gasteiger charge is -2.32. The number of piperidine rings is 1. The first kappa shape index (κ1) is 21.8. The Morgan fingerprint density at radius 1 is 0.875 bits per heavy atom. The number of likely N-dealkylation sites (tertiary alicyclic amines) is 1. The van der Waals surface area contributed by atoms with Gasteiger partial charge in [0.05, 0.1) is 5.92 Å². The van der Waals surface area contributed by atoms with Gasteiger partial charge in [-0.3, -0.25) is 14.5 Å². The highest BCUT2D eigenvalue weighted by Gasteiger charge is 2.26. The highest BCUT2D eigenvalue weighted by Crippen LogP contribution is 2.26. The molecule has 1 atom stereocenters. The summed E-state index contributed by atoms with van der Waals surface area (Å²) in [5.41, 5.74) is 4.16. The minimum Gasteiger partial charge on any atom is -0.325 e. The van der Waals surface area contributed by atoms with Crippen molar-refractivity contribution in [2.45, 2.75) is 26.3 Å². The minimum atomic E-state index is -0.166. The van der Waals surface area contributed by atoms with Crippen molar-refractivity contribution in [2.75, 3.05) is 23.7 Å². The van der Waals surface area contributed by atoms with E-state index in [0.29, 0.717) is 11.3 Å². The summed E-state index contributed by atoms with van der Waals surface area (Å²) in [5.74, 6) is -0.173. The maximum Gasteiger partial charge on any atom is 0.255 e. The number of carbonyl (C=O) groups is 2.